The Bertz CT molecular complexity index is 1220. The first-order chi connectivity index (χ1) is 16.4. The van der Waals surface area contributed by atoms with Crippen molar-refractivity contribution in [1.82, 2.24) is 10.2 Å². The number of hydrogen-bond acceptors (Lipinski definition) is 5. The lowest BCUT2D eigenvalue weighted by Crippen LogP contribution is -2.35. The number of sulfonamides is 1. The van der Waals surface area contributed by atoms with E-state index in [1.54, 1.807) is 43.3 Å². The fourth-order valence-corrected chi connectivity index (χ4v) is 5.14. The number of carbonyl (C=O) groups excluding carboxylic acids is 1. The van der Waals surface area contributed by atoms with Crippen molar-refractivity contribution >= 4 is 21.6 Å². The molecule has 0 spiro atoms. The molecule has 1 heterocycles. The van der Waals surface area contributed by atoms with Crippen molar-refractivity contribution in [2.45, 2.75) is 24.9 Å². The second-order valence-corrected chi connectivity index (χ2v) is 9.99. The molecular formula is C26H29N3O4S. The van der Waals surface area contributed by atoms with Gasteiger partial charge in [-0.05, 0) is 47.9 Å². The molecule has 178 valence electrons. The first-order valence-electron chi connectivity index (χ1n) is 11.3. The fraction of sp³-hybridized carbons (Fsp3) is 0.269. The highest BCUT2D eigenvalue weighted by molar-refractivity contribution is 7.92. The Morgan fingerprint density at radius 3 is 2.32 bits per heavy atom. The summed E-state index contributed by atoms with van der Waals surface area (Å²) < 4.78 is 33.7. The van der Waals surface area contributed by atoms with Crippen LogP contribution < -0.4 is 10.0 Å². The van der Waals surface area contributed by atoms with Crippen LogP contribution in [0.2, 0.25) is 0 Å². The Morgan fingerprint density at radius 2 is 1.62 bits per heavy atom. The zero-order valence-electron chi connectivity index (χ0n) is 19.2. The summed E-state index contributed by atoms with van der Waals surface area (Å²) in [6.07, 6.45) is 0. The van der Waals surface area contributed by atoms with Crippen LogP contribution in [-0.2, 0) is 27.8 Å². The number of morpholine rings is 1. The Labute approximate surface area is 200 Å². The Kier molecular flexibility index (Phi) is 7.62. The highest BCUT2D eigenvalue weighted by Gasteiger charge is 2.19. The molecule has 1 aliphatic rings. The minimum Gasteiger partial charge on any atom is -0.379 e. The first kappa shape index (κ1) is 23.9. The standard InChI is InChI=1S/C26H29N3O4S/c1-20-7-12-23(17-25(20)34(31,32)28-24-5-3-2-4-6-24)26(30)27-18-21-8-10-22(11-9-21)19-29-13-15-33-16-14-29/h2-12,17,28H,13-16,18-19H2,1H3,(H,27,30). The van der Waals surface area contributed by atoms with Crippen molar-refractivity contribution in [2.75, 3.05) is 31.0 Å². The number of rotatable bonds is 8. The average molecular weight is 480 g/mol. The van der Waals surface area contributed by atoms with Gasteiger partial charge in [0, 0.05) is 37.4 Å². The highest BCUT2D eigenvalue weighted by atomic mass is 32.2. The number of nitrogens with zero attached hydrogens (tertiary/aromatic N) is 1. The molecule has 0 atom stereocenters. The molecule has 1 fully saturated rings. The summed E-state index contributed by atoms with van der Waals surface area (Å²) in [5, 5.41) is 2.88. The largest absolute Gasteiger partial charge is 0.379 e. The first-order valence-corrected chi connectivity index (χ1v) is 12.7. The molecule has 0 unspecified atom stereocenters. The second-order valence-electron chi connectivity index (χ2n) is 8.34. The molecular weight excluding hydrogens is 450 g/mol. The van der Waals surface area contributed by atoms with Crippen LogP contribution >= 0.6 is 0 Å². The van der Waals surface area contributed by atoms with Crippen LogP contribution in [0.5, 0.6) is 0 Å². The van der Waals surface area contributed by atoms with Crippen LogP contribution in [0.25, 0.3) is 0 Å². The van der Waals surface area contributed by atoms with Crippen LogP contribution in [0.1, 0.15) is 27.0 Å². The Balaban J connectivity index is 1.38. The van der Waals surface area contributed by atoms with Gasteiger partial charge < -0.3 is 10.1 Å². The maximum atomic E-state index is 12.9. The average Bonchev–Trinajstić information content (AvgIpc) is 2.84. The summed E-state index contributed by atoms with van der Waals surface area (Å²) in [6.45, 7) is 6.37. The number of amides is 1. The molecule has 7 nitrogen and oxygen atoms in total. The van der Waals surface area contributed by atoms with E-state index >= 15 is 0 Å². The molecule has 3 aromatic carbocycles. The lowest BCUT2D eigenvalue weighted by Gasteiger charge is -2.26. The van der Waals surface area contributed by atoms with Crippen LogP contribution in [0.4, 0.5) is 5.69 Å². The van der Waals surface area contributed by atoms with Gasteiger partial charge in [-0.25, -0.2) is 8.42 Å². The molecule has 4 rings (SSSR count). The third-order valence-corrected chi connectivity index (χ3v) is 7.28. The zero-order chi connectivity index (χ0) is 24.0. The van der Waals surface area contributed by atoms with Gasteiger partial charge in [0.25, 0.3) is 15.9 Å². The van der Waals surface area contributed by atoms with Gasteiger partial charge in [0.2, 0.25) is 0 Å². The van der Waals surface area contributed by atoms with Gasteiger partial charge in [0.1, 0.15) is 0 Å². The fourth-order valence-electron chi connectivity index (χ4n) is 3.81. The maximum Gasteiger partial charge on any atom is 0.262 e. The minimum atomic E-state index is -3.83. The molecule has 1 amide bonds. The van der Waals surface area contributed by atoms with Gasteiger partial charge in [-0.2, -0.15) is 0 Å². The van der Waals surface area contributed by atoms with Gasteiger partial charge in [-0.3, -0.25) is 14.4 Å². The van der Waals surface area contributed by atoms with Crippen molar-refractivity contribution in [2.24, 2.45) is 0 Å². The normalized spacial score (nSPS) is 14.5. The van der Waals surface area contributed by atoms with Gasteiger partial charge in [-0.15, -0.1) is 0 Å². The van der Waals surface area contributed by atoms with Crippen LogP contribution in [0.15, 0.2) is 77.7 Å². The topological polar surface area (TPSA) is 87.7 Å². The summed E-state index contributed by atoms with van der Waals surface area (Å²) >= 11 is 0. The van der Waals surface area contributed by atoms with E-state index in [0.29, 0.717) is 23.4 Å². The molecule has 2 N–H and O–H groups in total. The summed E-state index contributed by atoms with van der Waals surface area (Å²) in [4.78, 5) is 15.2. The molecule has 8 heteroatoms. The van der Waals surface area contributed by atoms with Gasteiger partial charge >= 0.3 is 0 Å². The Morgan fingerprint density at radius 1 is 0.941 bits per heavy atom. The zero-order valence-corrected chi connectivity index (χ0v) is 20.0. The van der Waals surface area contributed by atoms with E-state index < -0.39 is 10.0 Å². The predicted molar refractivity (Wildman–Crippen MR) is 132 cm³/mol. The molecule has 34 heavy (non-hydrogen) atoms. The molecule has 0 aliphatic carbocycles. The quantitative estimate of drug-likeness (QED) is 0.516. The number of anilines is 1. The number of carbonyl (C=O) groups is 1. The van der Waals surface area contributed by atoms with Crippen molar-refractivity contribution in [1.29, 1.82) is 0 Å². The number of benzene rings is 3. The molecule has 0 aromatic heterocycles. The van der Waals surface area contributed by atoms with Gasteiger partial charge in [0.05, 0.1) is 18.1 Å². The van der Waals surface area contributed by atoms with Crippen LogP contribution in [-0.4, -0.2) is 45.5 Å². The lowest BCUT2D eigenvalue weighted by molar-refractivity contribution is 0.0342. The number of ether oxygens (including phenoxy) is 1. The van der Waals surface area contributed by atoms with E-state index in [4.69, 9.17) is 4.74 Å². The van der Waals surface area contributed by atoms with Crippen molar-refractivity contribution in [3.05, 3.63) is 95.1 Å². The van der Waals surface area contributed by atoms with Crippen molar-refractivity contribution < 1.29 is 17.9 Å². The van der Waals surface area contributed by atoms with Gasteiger partial charge in [-0.1, -0.05) is 48.5 Å². The monoisotopic (exact) mass is 479 g/mol. The van der Waals surface area contributed by atoms with Gasteiger partial charge in [0.15, 0.2) is 0 Å². The molecule has 1 saturated heterocycles. The number of aryl methyl sites for hydroxylation is 1. The van der Waals surface area contributed by atoms with E-state index in [1.807, 2.05) is 18.2 Å². The molecule has 0 saturated carbocycles. The predicted octanol–water partition coefficient (Wildman–Crippen LogP) is 3.56. The summed E-state index contributed by atoms with van der Waals surface area (Å²) in [7, 11) is -3.83. The van der Waals surface area contributed by atoms with E-state index in [2.05, 4.69) is 27.1 Å². The second kappa shape index (κ2) is 10.8. The number of para-hydroxylation sites is 1. The van der Waals surface area contributed by atoms with E-state index in [1.165, 1.54) is 11.6 Å². The maximum absolute atomic E-state index is 12.9. The summed E-state index contributed by atoms with van der Waals surface area (Å²) in [5.74, 6) is -0.325. The molecule has 3 aromatic rings. The highest BCUT2D eigenvalue weighted by Crippen LogP contribution is 2.21. The lowest BCUT2D eigenvalue weighted by atomic mass is 10.1. The number of nitrogens with one attached hydrogen (secondary N) is 2. The van der Waals surface area contributed by atoms with E-state index in [9.17, 15) is 13.2 Å². The molecule has 1 aliphatic heterocycles. The third kappa shape index (κ3) is 6.22. The van der Waals surface area contributed by atoms with Crippen LogP contribution in [0.3, 0.4) is 0 Å². The number of hydrogen-bond donors (Lipinski definition) is 2. The van der Waals surface area contributed by atoms with Crippen molar-refractivity contribution in [3.63, 3.8) is 0 Å². The third-order valence-electron chi connectivity index (χ3n) is 5.75. The SMILES string of the molecule is Cc1ccc(C(=O)NCc2ccc(CN3CCOCC3)cc2)cc1S(=O)(=O)Nc1ccccc1. The molecule has 0 radical (unpaired) electrons. The smallest absolute Gasteiger partial charge is 0.262 e. The minimum absolute atomic E-state index is 0.0801. The van der Waals surface area contributed by atoms with Crippen LogP contribution in [0, 0.1) is 6.92 Å². The summed E-state index contributed by atoms with van der Waals surface area (Å²) in [6, 6.07) is 21.5. The van der Waals surface area contributed by atoms with E-state index in [0.717, 1.165) is 38.4 Å². The van der Waals surface area contributed by atoms with E-state index in [-0.39, 0.29) is 10.8 Å². The molecule has 0 bridgehead atoms. The summed E-state index contributed by atoms with van der Waals surface area (Å²) in [5.41, 5.74) is 3.52. The van der Waals surface area contributed by atoms with Crippen molar-refractivity contribution in [3.8, 4) is 0 Å². The Hall–Kier alpha value is -3.20.